The first kappa shape index (κ1) is 15.0. The summed E-state index contributed by atoms with van der Waals surface area (Å²) in [5.41, 5.74) is 5.61. The van der Waals surface area contributed by atoms with Gasteiger partial charge in [-0.05, 0) is 25.5 Å². The molecule has 7 heteroatoms. The van der Waals surface area contributed by atoms with Gasteiger partial charge in [-0.2, -0.15) is 0 Å². The number of carbonyl (C=O) groups excluding carboxylic acids is 2. The van der Waals surface area contributed by atoms with Crippen LogP contribution in [0.15, 0.2) is 12.1 Å². The average molecular weight is 291 g/mol. The van der Waals surface area contributed by atoms with Gasteiger partial charge in [-0.25, -0.2) is 0 Å². The molecule has 0 atom stereocenters. The monoisotopic (exact) mass is 291 g/mol. The second-order valence-electron chi connectivity index (χ2n) is 5.59. The van der Waals surface area contributed by atoms with Gasteiger partial charge in [0.05, 0.1) is 22.6 Å². The van der Waals surface area contributed by atoms with E-state index in [-0.39, 0.29) is 29.6 Å². The highest BCUT2D eigenvalue weighted by molar-refractivity contribution is 6.11. The van der Waals surface area contributed by atoms with E-state index in [1.54, 1.807) is 20.8 Å². The number of hydrogen-bond acceptors (Lipinski definition) is 5. The van der Waals surface area contributed by atoms with Crippen LogP contribution in [-0.4, -0.2) is 23.2 Å². The third-order valence-electron chi connectivity index (χ3n) is 3.81. The molecule has 1 heterocycles. The predicted octanol–water partition coefficient (Wildman–Crippen LogP) is 1.78. The van der Waals surface area contributed by atoms with Crippen LogP contribution >= 0.6 is 0 Å². The van der Waals surface area contributed by atoms with E-state index in [0.29, 0.717) is 17.7 Å². The van der Waals surface area contributed by atoms with Crippen molar-refractivity contribution in [2.24, 2.45) is 0 Å². The summed E-state index contributed by atoms with van der Waals surface area (Å²) in [6.45, 7) is 5.07. The fraction of sp³-hybridized carbons (Fsp3) is 0.429. The van der Waals surface area contributed by atoms with Gasteiger partial charge in [0.15, 0.2) is 5.78 Å². The Morgan fingerprint density at radius 3 is 2.57 bits per heavy atom. The van der Waals surface area contributed by atoms with Crippen LogP contribution in [0.4, 0.5) is 17.1 Å². The van der Waals surface area contributed by atoms with E-state index in [4.69, 9.17) is 5.73 Å². The van der Waals surface area contributed by atoms with Gasteiger partial charge in [-0.3, -0.25) is 19.7 Å². The molecule has 0 aromatic heterocycles. The molecule has 0 saturated heterocycles. The molecule has 1 aliphatic rings. The number of anilines is 2. The quantitative estimate of drug-likeness (QED) is 0.517. The zero-order valence-corrected chi connectivity index (χ0v) is 12.2. The number of fused-ring (bicyclic) bond motifs is 1. The van der Waals surface area contributed by atoms with E-state index in [2.05, 4.69) is 0 Å². The minimum atomic E-state index is -0.855. The molecular weight excluding hydrogens is 274 g/mol. The minimum Gasteiger partial charge on any atom is -0.393 e. The lowest BCUT2D eigenvalue weighted by Gasteiger charge is -2.19. The third kappa shape index (κ3) is 2.24. The molecule has 0 radical (unpaired) electrons. The number of nitrogens with zero attached hydrogens (tertiary/aromatic N) is 2. The zero-order chi connectivity index (χ0) is 15.9. The molecule has 1 aromatic carbocycles. The van der Waals surface area contributed by atoms with Crippen LogP contribution in [0.1, 0.15) is 32.8 Å². The van der Waals surface area contributed by atoms with Gasteiger partial charge < -0.3 is 10.6 Å². The van der Waals surface area contributed by atoms with E-state index in [0.717, 1.165) is 0 Å². The zero-order valence-electron chi connectivity index (χ0n) is 12.2. The summed E-state index contributed by atoms with van der Waals surface area (Å²) in [7, 11) is 0. The molecule has 0 fully saturated rings. The van der Waals surface area contributed by atoms with E-state index in [1.807, 2.05) is 0 Å². The van der Waals surface area contributed by atoms with Crippen molar-refractivity contribution in [1.82, 2.24) is 0 Å². The highest BCUT2D eigenvalue weighted by Gasteiger charge is 2.45. The maximum atomic E-state index is 12.5. The number of carbonyl (C=O) groups is 2. The summed E-state index contributed by atoms with van der Waals surface area (Å²) >= 11 is 0. The van der Waals surface area contributed by atoms with Gasteiger partial charge in [0.1, 0.15) is 5.69 Å². The van der Waals surface area contributed by atoms with Gasteiger partial charge in [0.2, 0.25) is 5.91 Å². The Morgan fingerprint density at radius 2 is 2.05 bits per heavy atom. The van der Waals surface area contributed by atoms with Crippen LogP contribution in [-0.2, 0) is 15.0 Å². The second kappa shape index (κ2) is 4.83. The van der Waals surface area contributed by atoms with Gasteiger partial charge in [-0.15, -0.1) is 0 Å². The molecule has 0 saturated carbocycles. The SMILES string of the molecule is CCC(=O)CN1C(=O)C(C)(C)c2cc(N)c([N+](=O)[O-])cc21. The van der Waals surface area contributed by atoms with Crippen molar-refractivity contribution in [1.29, 1.82) is 0 Å². The molecule has 112 valence electrons. The van der Waals surface area contributed by atoms with Crippen molar-refractivity contribution in [3.8, 4) is 0 Å². The normalized spacial score (nSPS) is 16.0. The molecule has 0 unspecified atom stereocenters. The summed E-state index contributed by atoms with van der Waals surface area (Å²) in [4.78, 5) is 35.9. The smallest absolute Gasteiger partial charge is 0.294 e. The minimum absolute atomic E-state index is 0.0169. The number of amides is 1. The van der Waals surface area contributed by atoms with Crippen LogP contribution in [0.3, 0.4) is 0 Å². The Bertz CT molecular complexity index is 652. The highest BCUT2D eigenvalue weighted by Crippen LogP contribution is 2.45. The first-order valence-corrected chi connectivity index (χ1v) is 6.62. The van der Waals surface area contributed by atoms with Crippen molar-refractivity contribution in [2.75, 3.05) is 17.2 Å². The lowest BCUT2D eigenvalue weighted by atomic mass is 9.86. The Labute approximate surface area is 121 Å². The standard InChI is InChI=1S/C14H17N3O4/c1-4-8(18)7-16-11-6-12(17(20)21)10(15)5-9(11)14(2,3)13(16)19/h5-6H,4,7,15H2,1-3H3. The van der Waals surface area contributed by atoms with Crippen LogP contribution in [0.5, 0.6) is 0 Å². The van der Waals surface area contributed by atoms with E-state index < -0.39 is 10.3 Å². The molecule has 2 N–H and O–H groups in total. The van der Waals surface area contributed by atoms with Crippen molar-refractivity contribution in [3.05, 3.63) is 27.8 Å². The van der Waals surface area contributed by atoms with Gasteiger partial charge in [0.25, 0.3) is 5.69 Å². The van der Waals surface area contributed by atoms with Crippen LogP contribution in [0, 0.1) is 10.1 Å². The van der Waals surface area contributed by atoms with Crippen molar-refractivity contribution >= 4 is 28.8 Å². The Morgan fingerprint density at radius 1 is 1.43 bits per heavy atom. The number of ketones is 1. The summed E-state index contributed by atoms with van der Waals surface area (Å²) in [6, 6.07) is 2.74. The van der Waals surface area contributed by atoms with E-state index >= 15 is 0 Å². The number of nitro benzene ring substituents is 1. The number of rotatable bonds is 4. The average Bonchev–Trinajstić information content (AvgIpc) is 2.59. The molecule has 0 aliphatic carbocycles. The van der Waals surface area contributed by atoms with Crippen molar-refractivity contribution in [2.45, 2.75) is 32.6 Å². The van der Waals surface area contributed by atoms with Gasteiger partial charge in [-0.1, -0.05) is 6.92 Å². The summed E-state index contributed by atoms with van der Waals surface area (Å²) in [5, 5.41) is 11.0. The van der Waals surface area contributed by atoms with Crippen molar-refractivity contribution < 1.29 is 14.5 Å². The molecule has 1 aromatic rings. The number of benzene rings is 1. The lowest BCUT2D eigenvalue weighted by Crippen LogP contribution is -2.39. The molecule has 1 aliphatic heterocycles. The highest BCUT2D eigenvalue weighted by atomic mass is 16.6. The van der Waals surface area contributed by atoms with E-state index in [9.17, 15) is 19.7 Å². The number of hydrogen-bond donors (Lipinski definition) is 1. The first-order chi connectivity index (χ1) is 9.70. The second-order valence-corrected chi connectivity index (χ2v) is 5.59. The predicted molar refractivity (Wildman–Crippen MR) is 78.2 cm³/mol. The lowest BCUT2D eigenvalue weighted by molar-refractivity contribution is -0.383. The summed E-state index contributed by atoms with van der Waals surface area (Å²) in [6.07, 6.45) is 0.302. The molecule has 7 nitrogen and oxygen atoms in total. The molecule has 0 bridgehead atoms. The number of nitrogen functional groups attached to an aromatic ring is 1. The number of Topliss-reactive ketones (excluding diaryl/α,β-unsaturated/α-hetero) is 1. The van der Waals surface area contributed by atoms with Gasteiger partial charge in [0, 0.05) is 12.5 Å². The first-order valence-electron chi connectivity index (χ1n) is 6.62. The van der Waals surface area contributed by atoms with E-state index in [1.165, 1.54) is 17.0 Å². The molecule has 2 rings (SSSR count). The Kier molecular flexibility index (Phi) is 3.44. The number of nitro groups is 1. The fourth-order valence-electron chi connectivity index (χ4n) is 2.48. The fourth-order valence-corrected chi connectivity index (χ4v) is 2.48. The van der Waals surface area contributed by atoms with Crippen LogP contribution < -0.4 is 10.6 Å². The molecular formula is C14H17N3O4. The molecule has 1 amide bonds. The maximum Gasteiger partial charge on any atom is 0.294 e. The van der Waals surface area contributed by atoms with Crippen molar-refractivity contribution in [3.63, 3.8) is 0 Å². The molecule has 21 heavy (non-hydrogen) atoms. The topological polar surface area (TPSA) is 107 Å². The van der Waals surface area contributed by atoms with Gasteiger partial charge >= 0.3 is 0 Å². The van der Waals surface area contributed by atoms with Crippen LogP contribution in [0.25, 0.3) is 0 Å². The third-order valence-corrected chi connectivity index (χ3v) is 3.81. The summed E-state index contributed by atoms with van der Waals surface area (Å²) in [5.74, 6) is -0.356. The summed E-state index contributed by atoms with van der Waals surface area (Å²) < 4.78 is 0. The maximum absolute atomic E-state index is 12.5. The molecule has 0 spiro atoms. The largest absolute Gasteiger partial charge is 0.393 e. The van der Waals surface area contributed by atoms with Crippen LogP contribution in [0.2, 0.25) is 0 Å². The Balaban J connectivity index is 2.60. The number of nitrogens with two attached hydrogens (primary N) is 1. The Hall–Kier alpha value is -2.44.